The van der Waals surface area contributed by atoms with Gasteiger partial charge >= 0.3 is 0 Å². The van der Waals surface area contributed by atoms with Gasteiger partial charge in [-0.2, -0.15) is 0 Å². The number of rotatable bonds is 4. The molecule has 2 heterocycles. The smallest absolute Gasteiger partial charge is 0.271 e. The van der Waals surface area contributed by atoms with E-state index < -0.39 is 0 Å². The van der Waals surface area contributed by atoms with Crippen LogP contribution in [0, 0.1) is 6.92 Å². The molecule has 0 atom stereocenters. The monoisotopic (exact) mass is 231 g/mol. The third-order valence-corrected chi connectivity index (χ3v) is 2.25. The van der Waals surface area contributed by atoms with Crippen LogP contribution in [0.4, 0.5) is 0 Å². The standard InChI is InChI=1S/C12H13N3O2/c1-9-2-3-10(17-9)4-5-15-12(16)11-8-13-6-7-14-11/h2-3,6-8H,4-5H2,1H3,(H,15,16). The first kappa shape index (κ1) is 11.3. The summed E-state index contributed by atoms with van der Waals surface area (Å²) in [6.45, 7) is 2.41. The van der Waals surface area contributed by atoms with Crippen LogP contribution in [0.1, 0.15) is 22.0 Å². The number of aryl methyl sites for hydroxylation is 1. The molecule has 0 radical (unpaired) electrons. The van der Waals surface area contributed by atoms with Gasteiger partial charge in [0.15, 0.2) is 0 Å². The molecule has 0 aliphatic rings. The van der Waals surface area contributed by atoms with Crippen molar-refractivity contribution in [3.8, 4) is 0 Å². The molecule has 0 aliphatic heterocycles. The maximum absolute atomic E-state index is 11.6. The van der Waals surface area contributed by atoms with Gasteiger partial charge in [-0.1, -0.05) is 0 Å². The summed E-state index contributed by atoms with van der Waals surface area (Å²) >= 11 is 0. The summed E-state index contributed by atoms with van der Waals surface area (Å²) in [4.78, 5) is 19.3. The maximum Gasteiger partial charge on any atom is 0.271 e. The van der Waals surface area contributed by atoms with Crippen LogP contribution in [-0.4, -0.2) is 22.4 Å². The van der Waals surface area contributed by atoms with Gasteiger partial charge in [-0.15, -0.1) is 0 Å². The first-order valence-corrected chi connectivity index (χ1v) is 5.35. The van der Waals surface area contributed by atoms with Crippen LogP contribution < -0.4 is 5.32 Å². The first-order chi connectivity index (χ1) is 8.25. The lowest BCUT2D eigenvalue weighted by molar-refractivity contribution is 0.0948. The number of furan rings is 1. The first-order valence-electron chi connectivity index (χ1n) is 5.35. The number of nitrogens with one attached hydrogen (secondary N) is 1. The van der Waals surface area contributed by atoms with Gasteiger partial charge in [0, 0.05) is 25.4 Å². The molecule has 0 saturated heterocycles. The Morgan fingerprint density at radius 2 is 2.29 bits per heavy atom. The Balaban J connectivity index is 1.81. The zero-order chi connectivity index (χ0) is 12.1. The predicted octanol–water partition coefficient (Wildman–Crippen LogP) is 1.35. The Morgan fingerprint density at radius 1 is 1.41 bits per heavy atom. The Morgan fingerprint density at radius 3 is 2.94 bits per heavy atom. The summed E-state index contributed by atoms with van der Waals surface area (Å²) in [6, 6.07) is 3.81. The van der Waals surface area contributed by atoms with Gasteiger partial charge in [0.25, 0.3) is 5.91 Å². The lowest BCUT2D eigenvalue weighted by Gasteiger charge is -2.02. The van der Waals surface area contributed by atoms with Crippen LogP contribution in [0.2, 0.25) is 0 Å². The average molecular weight is 231 g/mol. The molecule has 17 heavy (non-hydrogen) atoms. The highest BCUT2D eigenvalue weighted by molar-refractivity contribution is 5.91. The van der Waals surface area contributed by atoms with E-state index in [1.54, 1.807) is 0 Å². The van der Waals surface area contributed by atoms with E-state index in [0.717, 1.165) is 11.5 Å². The minimum Gasteiger partial charge on any atom is -0.466 e. The van der Waals surface area contributed by atoms with Crippen molar-refractivity contribution in [2.45, 2.75) is 13.3 Å². The molecule has 1 N–H and O–H groups in total. The summed E-state index contributed by atoms with van der Waals surface area (Å²) in [6.07, 6.45) is 5.12. The molecule has 2 aromatic heterocycles. The van der Waals surface area contributed by atoms with Crippen molar-refractivity contribution in [1.82, 2.24) is 15.3 Å². The topological polar surface area (TPSA) is 68.0 Å². The van der Waals surface area contributed by atoms with E-state index in [1.807, 2.05) is 19.1 Å². The minimum atomic E-state index is -0.221. The fourth-order valence-corrected chi connectivity index (χ4v) is 1.43. The summed E-state index contributed by atoms with van der Waals surface area (Å²) in [5, 5.41) is 2.76. The number of carbonyl (C=O) groups is 1. The van der Waals surface area contributed by atoms with E-state index in [1.165, 1.54) is 18.6 Å². The zero-order valence-corrected chi connectivity index (χ0v) is 9.51. The largest absolute Gasteiger partial charge is 0.466 e. The molecule has 0 spiro atoms. The highest BCUT2D eigenvalue weighted by Crippen LogP contribution is 2.06. The van der Waals surface area contributed by atoms with Crippen LogP contribution in [-0.2, 0) is 6.42 Å². The Bertz CT molecular complexity index is 493. The van der Waals surface area contributed by atoms with E-state index in [2.05, 4.69) is 15.3 Å². The molecule has 88 valence electrons. The lowest BCUT2D eigenvalue weighted by atomic mass is 10.3. The number of amides is 1. The van der Waals surface area contributed by atoms with Crippen molar-refractivity contribution < 1.29 is 9.21 Å². The molecule has 1 amide bonds. The number of nitrogens with zero attached hydrogens (tertiary/aromatic N) is 2. The Kier molecular flexibility index (Phi) is 3.49. The van der Waals surface area contributed by atoms with Crippen LogP contribution in [0.5, 0.6) is 0 Å². The van der Waals surface area contributed by atoms with Gasteiger partial charge in [-0.3, -0.25) is 9.78 Å². The highest BCUT2D eigenvalue weighted by atomic mass is 16.3. The molecule has 0 aromatic carbocycles. The second-order valence-corrected chi connectivity index (χ2v) is 3.61. The fraction of sp³-hybridized carbons (Fsp3) is 0.250. The average Bonchev–Trinajstić information content (AvgIpc) is 2.76. The summed E-state index contributed by atoms with van der Waals surface area (Å²) in [5.41, 5.74) is 0.322. The van der Waals surface area contributed by atoms with Gasteiger partial charge in [-0.25, -0.2) is 4.98 Å². The van der Waals surface area contributed by atoms with Gasteiger partial charge in [0.05, 0.1) is 6.20 Å². The molecule has 5 heteroatoms. The van der Waals surface area contributed by atoms with Gasteiger partial charge in [-0.05, 0) is 19.1 Å². The van der Waals surface area contributed by atoms with Crippen LogP contribution in [0.3, 0.4) is 0 Å². The van der Waals surface area contributed by atoms with Crippen molar-refractivity contribution in [3.05, 3.63) is 47.9 Å². The van der Waals surface area contributed by atoms with E-state index in [0.29, 0.717) is 18.7 Å². The summed E-state index contributed by atoms with van der Waals surface area (Å²) < 4.78 is 5.39. The molecule has 2 aromatic rings. The van der Waals surface area contributed by atoms with Gasteiger partial charge in [0.1, 0.15) is 17.2 Å². The van der Waals surface area contributed by atoms with Crippen molar-refractivity contribution in [2.24, 2.45) is 0 Å². The molecule has 0 unspecified atom stereocenters. The number of hydrogen-bond acceptors (Lipinski definition) is 4. The normalized spacial score (nSPS) is 10.2. The van der Waals surface area contributed by atoms with Gasteiger partial charge in [0.2, 0.25) is 0 Å². The Hall–Kier alpha value is -2.17. The van der Waals surface area contributed by atoms with Crippen LogP contribution in [0.15, 0.2) is 35.1 Å². The molecular formula is C12H13N3O2. The second kappa shape index (κ2) is 5.25. The van der Waals surface area contributed by atoms with Crippen LogP contribution >= 0.6 is 0 Å². The third kappa shape index (κ3) is 3.14. The number of carbonyl (C=O) groups excluding carboxylic acids is 1. The van der Waals surface area contributed by atoms with E-state index in [-0.39, 0.29) is 5.91 Å². The Labute approximate surface area is 98.9 Å². The lowest BCUT2D eigenvalue weighted by Crippen LogP contribution is -2.26. The molecule has 2 rings (SSSR count). The van der Waals surface area contributed by atoms with Crippen LogP contribution in [0.25, 0.3) is 0 Å². The predicted molar refractivity (Wildman–Crippen MR) is 61.5 cm³/mol. The molecule has 5 nitrogen and oxygen atoms in total. The minimum absolute atomic E-state index is 0.221. The van der Waals surface area contributed by atoms with Gasteiger partial charge < -0.3 is 9.73 Å². The second-order valence-electron chi connectivity index (χ2n) is 3.61. The maximum atomic E-state index is 11.6. The molecule has 0 bridgehead atoms. The van der Waals surface area contributed by atoms with E-state index in [9.17, 15) is 4.79 Å². The molecule has 0 aliphatic carbocycles. The highest BCUT2D eigenvalue weighted by Gasteiger charge is 2.06. The number of hydrogen-bond donors (Lipinski definition) is 1. The number of aromatic nitrogens is 2. The van der Waals surface area contributed by atoms with Crippen molar-refractivity contribution in [1.29, 1.82) is 0 Å². The molecular weight excluding hydrogens is 218 g/mol. The fourth-order valence-electron chi connectivity index (χ4n) is 1.43. The zero-order valence-electron chi connectivity index (χ0n) is 9.51. The summed E-state index contributed by atoms with van der Waals surface area (Å²) in [7, 11) is 0. The van der Waals surface area contributed by atoms with E-state index >= 15 is 0 Å². The third-order valence-electron chi connectivity index (χ3n) is 2.25. The molecule has 0 saturated carbocycles. The van der Waals surface area contributed by atoms with Crippen molar-refractivity contribution in [2.75, 3.05) is 6.54 Å². The SMILES string of the molecule is Cc1ccc(CCNC(=O)c2cnccn2)o1. The van der Waals surface area contributed by atoms with Crippen molar-refractivity contribution >= 4 is 5.91 Å². The van der Waals surface area contributed by atoms with Crippen molar-refractivity contribution in [3.63, 3.8) is 0 Å². The molecule has 0 fully saturated rings. The summed E-state index contributed by atoms with van der Waals surface area (Å²) in [5.74, 6) is 1.52. The quantitative estimate of drug-likeness (QED) is 0.862. The van der Waals surface area contributed by atoms with E-state index in [4.69, 9.17) is 4.42 Å².